The van der Waals surface area contributed by atoms with Crippen LogP contribution >= 0.6 is 23.2 Å². The van der Waals surface area contributed by atoms with Gasteiger partial charge in [-0.25, -0.2) is 0 Å². The Bertz CT molecular complexity index is 512. The third-order valence-electron chi connectivity index (χ3n) is 1.96. The van der Waals surface area contributed by atoms with Gasteiger partial charge in [0.05, 0.1) is 5.02 Å². The molecular formula is C12H7Cl2O2. The molecule has 0 aliphatic carbocycles. The Kier molecular flexibility index (Phi) is 3.22. The fourth-order valence-corrected chi connectivity index (χ4v) is 1.66. The lowest BCUT2D eigenvalue weighted by atomic mass is 10.3. The molecule has 0 saturated carbocycles. The number of ether oxygens (including phenoxy) is 1. The first kappa shape index (κ1) is 11.1. The van der Waals surface area contributed by atoms with Crippen LogP contribution in [0.4, 0.5) is 0 Å². The Morgan fingerprint density at radius 2 is 1.69 bits per heavy atom. The van der Waals surface area contributed by atoms with E-state index in [0.29, 0.717) is 15.8 Å². The molecule has 0 atom stereocenters. The number of benzene rings is 2. The van der Waals surface area contributed by atoms with Gasteiger partial charge in [-0.2, -0.15) is 0 Å². The number of halogens is 2. The molecular weight excluding hydrogens is 247 g/mol. The summed E-state index contributed by atoms with van der Waals surface area (Å²) in [5, 5.41) is 12.3. The minimum absolute atomic E-state index is 0.187. The summed E-state index contributed by atoms with van der Waals surface area (Å²) >= 11 is 11.7. The van der Waals surface area contributed by atoms with Gasteiger partial charge in [-0.3, -0.25) is 5.11 Å². The summed E-state index contributed by atoms with van der Waals surface area (Å²) in [4.78, 5) is 0. The zero-order chi connectivity index (χ0) is 11.5. The van der Waals surface area contributed by atoms with Crippen molar-refractivity contribution in [2.45, 2.75) is 0 Å². The van der Waals surface area contributed by atoms with Gasteiger partial charge in [0.2, 0.25) is 5.75 Å². The van der Waals surface area contributed by atoms with Crippen molar-refractivity contribution in [2.24, 2.45) is 0 Å². The standard InChI is InChI=1S/C12H7Cl2O2/c13-8-5-6-11(9(14)7-8)16-12-4-2-1-3-10(12)15/h1-7H. The molecule has 0 aromatic heterocycles. The van der Waals surface area contributed by atoms with Crippen LogP contribution in [0.15, 0.2) is 42.5 Å². The van der Waals surface area contributed by atoms with Gasteiger partial charge in [-0.15, -0.1) is 0 Å². The third kappa shape index (κ3) is 2.40. The molecule has 0 spiro atoms. The summed E-state index contributed by atoms with van der Waals surface area (Å²) < 4.78 is 5.39. The maximum Gasteiger partial charge on any atom is 0.221 e. The van der Waals surface area contributed by atoms with Gasteiger partial charge in [0.1, 0.15) is 5.75 Å². The Morgan fingerprint density at radius 1 is 0.938 bits per heavy atom. The van der Waals surface area contributed by atoms with E-state index in [-0.39, 0.29) is 11.5 Å². The smallest absolute Gasteiger partial charge is 0.221 e. The normalized spacial score (nSPS) is 10.1. The molecule has 2 aromatic rings. The summed E-state index contributed by atoms with van der Waals surface area (Å²) in [5.74, 6) is 0.467. The van der Waals surface area contributed by atoms with Crippen molar-refractivity contribution in [3.8, 4) is 17.2 Å². The lowest BCUT2D eigenvalue weighted by molar-refractivity contribution is 0.329. The van der Waals surface area contributed by atoms with Crippen LogP contribution in [0, 0.1) is 0 Å². The number of rotatable bonds is 2. The maximum absolute atomic E-state index is 11.4. The average Bonchev–Trinajstić information content (AvgIpc) is 2.25. The summed E-state index contributed by atoms with van der Waals surface area (Å²) in [6, 6.07) is 11.2. The number of hydrogen-bond acceptors (Lipinski definition) is 1. The van der Waals surface area contributed by atoms with Crippen molar-refractivity contribution < 1.29 is 9.84 Å². The van der Waals surface area contributed by atoms with Crippen molar-refractivity contribution in [1.82, 2.24) is 0 Å². The lowest BCUT2D eigenvalue weighted by Crippen LogP contribution is -1.85. The molecule has 0 unspecified atom stereocenters. The fraction of sp³-hybridized carbons (Fsp3) is 0. The molecule has 2 nitrogen and oxygen atoms in total. The lowest BCUT2D eigenvalue weighted by Gasteiger charge is -2.07. The summed E-state index contributed by atoms with van der Waals surface area (Å²) in [7, 11) is 0. The monoisotopic (exact) mass is 253 g/mol. The Balaban J connectivity index is 2.31. The summed E-state index contributed by atoms with van der Waals surface area (Å²) in [6.07, 6.45) is 0. The van der Waals surface area contributed by atoms with E-state index in [2.05, 4.69) is 0 Å². The predicted molar refractivity (Wildman–Crippen MR) is 63.1 cm³/mol. The molecule has 81 valence electrons. The van der Waals surface area contributed by atoms with Crippen molar-refractivity contribution in [3.63, 3.8) is 0 Å². The van der Waals surface area contributed by atoms with Crippen LogP contribution in [0.3, 0.4) is 0 Å². The molecule has 16 heavy (non-hydrogen) atoms. The van der Waals surface area contributed by atoms with E-state index in [9.17, 15) is 5.11 Å². The molecule has 0 amide bonds. The average molecular weight is 254 g/mol. The van der Waals surface area contributed by atoms with E-state index in [4.69, 9.17) is 27.9 Å². The first-order valence-corrected chi connectivity index (χ1v) is 5.31. The molecule has 4 heteroatoms. The highest BCUT2D eigenvalue weighted by molar-refractivity contribution is 6.35. The van der Waals surface area contributed by atoms with E-state index in [1.54, 1.807) is 36.4 Å². The molecule has 0 fully saturated rings. The molecule has 2 aromatic carbocycles. The number of para-hydroxylation sites is 2. The van der Waals surface area contributed by atoms with Gasteiger partial charge in [0.15, 0.2) is 5.75 Å². The molecule has 0 bridgehead atoms. The van der Waals surface area contributed by atoms with Crippen molar-refractivity contribution in [1.29, 1.82) is 0 Å². The molecule has 0 aliphatic heterocycles. The van der Waals surface area contributed by atoms with Crippen LogP contribution in [0.25, 0.3) is 0 Å². The van der Waals surface area contributed by atoms with Crippen LogP contribution in [0.5, 0.6) is 17.2 Å². The van der Waals surface area contributed by atoms with Crippen molar-refractivity contribution in [2.75, 3.05) is 0 Å². The van der Waals surface area contributed by atoms with Crippen LogP contribution in [0.1, 0.15) is 0 Å². The zero-order valence-electron chi connectivity index (χ0n) is 8.11. The molecule has 0 heterocycles. The zero-order valence-corrected chi connectivity index (χ0v) is 9.63. The second kappa shape index (κ2) is 4.64. The molecule has 0 N–H and O–H groups in total. The third-order valence-corrected chi connectivity index (χ3v) is 2.49. The van der Waals surface area contributed by atoms with Gasteiger partial charge in [-0.1, -0.05) is 35.3 Å². The Morgan fingerprint density at radius 3 is 2.38 bits per heavy atom. The highest BCUT2D eigenvalue weighted by Gasteiger charge is 2.07. The van der Waals surface area contributed by atoms with Crippen molar-refractivity contribution >= 4 is 23.2 Å². The number of hydrogen-bond donors (Lipinski definition) is 0. The van der Waals surface area contributed by atoms with E-state index in [0.717, 1.165) is 0 Å². The van der Waals surface area contributed by atoms with Gasteiger partial charge < -0.3 is 4.74 Å². The highest BCUT2D eigenvalue weighted by atomic mass is 35.5. The maximum atomic E-state index is 11.4. The summed E-state index contributed by atoms with van der Waals surface area (Å²) in [6.45, 7) is 0. The molecule has 0 aliphatic rings. The van der Waals surface area contributed by atoms with Gasteiger partial charge in [0.25, 0.3) is 0 Å². The molecule has 1 radical (unpaired) electrons. The highest BCUT2D eigenvalue weighted by Crippen LogP contribution is 2.35. The first-order chi connectivity index (χ1) is 7.66. The minimum Gasteiger partial charge on any atom is -0.452 e. The van der Waals surface area contributed by atoms with E-state index in [1.807, 2.05) is 0 Å². The summed E-state index contributed by atoms with van der Waals surface area (Å²) in [5.41, 5.74) is 0. The van der Waals surface area contributed by atoms with Gasteiger partial charge >= 0.3 is 0 Å². The quantitative estimate of drug-likeness (QED) is 0.746. The van der Waals surface area contributed by atoms with Crippen LogP contribution in [0.2, 0.25) is 10.0 Å². The van der Waals surface area contributed by atoms with Gasteiger partial charge in [0, 0.05) is 5.02 Å². The Hall–Kier alpha value is -1.38. The minimum atomic E-state index is -0.187. The topological polar surface area (TPSA) is 29.1 Å². The predicted octanol–water partition coefficient (Wildman–Crippen LogP) is 4.93. The largest absolute Gasteiger partial charge is 0.452 e. The second-order valence-corrected chi connectivity index (χ2v) is 3.97. The van der Waals surface area contributed by atoms with E-state index >= 15 is 0 Å². The fourth-order valence-electron chi connectivity index (χ4n) is 1.21. The van der Waals surface area contributed by atoms with E-state index in [1.165, 1.54) is 6.07 Å². The van der Waals surface area contributed by atoms with Gasteiger partial charge in [-0.05, 0) is 30.3 Å². The Labute approximate surface area is 103 Å². The van der Waals surface area contributed by atoms with Crippen LogP contribution in [-0.2, 0) is 5.11 Å². The van der Waals surface area contributed by atoms with Crippen molar-refractivity contribution in [3.05, 3.63) is 52.5 Å². The molecule has 0 saturated heterocycles. The van der Waals surface area contributed by atoms with E-state index < -0.39 is 0 Å². The first-order valence-electron chi connectivity index (χ1n) is 4.56. The van der Waals surface area contributed by atoms with Crippen LogP contribution < -0.4 is 4.74 Å². The second-order valence-electron chi connectivity index (χ2n) is 3.12. The SMILES string of the molecule is [O]c1ccccc1Oc1ccc(Cl)cc1Cl. The molecule has 2 rings (SSSR count). The van der Waals surface area contributed by atoms with Crippen LogP contribution in [-0.4, -0.2) is 0 Å².